The Labute approximate surface area is 121 Å². The van der Waals surface area contributed by atoms with E-state index in [1.54, 1.807) is 16.9 Å². The molecule has 4 heteroatoms. The quantitative estimate of drug-likeness (QED) is 0.612. The molecule has 1 unspecified atom stereocenters. The van der Waals surface area contributed by atoms with E-state index in [1.165, 1.54) is 0 Å². The highest BCUT2D eigenvalue weighted by atomic mass is 16.3. The van der Waals surface area contributed by atoms with E-state index in [0.717, 1.165) is 27.5 Å². The topological polar surface area (TPSA) is 50.4 Å². The van der Waals surface area contributed by atoms with E-state index in [0.29, 0.717) is 0 Å². The van der Waals surface area contributed by atoms with Gasteiger partial charge in [-0.1, -0.05) is 24.3 Å². The monoisotopic (exact) mass is 275 g/mol. The first-order chi connectivity index (χ1) is 10.3. The van der Waals surface area contributed by atoms with Gasteiger partial charge < -0.3 is 5.11 Å². The normalized spacial score (nSPS) is 12.8. The van der Waals surface area contributed by atoms with Gasteiger partial charge in [-0.05, 0) is 29.8 Å². The summed E-state index contributed by atoms with van der Waals surface area (Å²) in [6, 6.07) is 15.5. The summed E-state index contributed by atoms with van der Waals surface area (Å²) in [5, 5.41) is 16.0. The van der Waals surface area contributed by atoms with Gasteiger partial charge in [0.25, 0.3) is 0 Å². The Balaban J connectivity index is 1.83. The Morgan fingerprint density at radius 3 is 2.95 bits per heavy atom. The lowest BCUT2D eigenvalue weighted by Gasteiger charge is -2.10. The lowest BCUT2D eigenvalue weighted by molar-refractivity contribution is 0.222. The van der Waals surface area contributed by atoms with E-state index < -0.39 is 6.10 Å². The van der Waals surface area contributed by atoms with Gasteiger partial charge in [-0.3, -0.25) is 4.98 Å². The van der Waals surface area contributed by atoms with Crippen molar-refractivity contribution in [2.45, 2.75) is 6.10 Å². The molecule has 4 rings (SSSR count). The maximum atomic E-state index is 10.7. The van der Waals surface area contributed by atoms with Gasteiger partial charge >= 0.3 is 0 Å². The first-order valence-corrected chi connectivity index (χ1v) is 6.78. The van der Waals surface area contributed by atoms with Crippen LogP contribution in [0.2, 0.25) is 0 Å². The van der Waals surface area contributed by atoms with Crippen LogP contribution >= 0.6 is 0 Å². The van der Waals surface area contributed by atoms with Gasteiger partial charge in [0.2, 0.25) is 0 Å². The fourth-order valence-electron chi connectivity index (χ4n) is 2.60. The number of benzene rings is 1. The van der Waals surface area contributed by atoms with Gasteiger partial charge in [-0.2, -0.15) is 5.10 Å². The van der Waals surface area contributed by atoms with Crippen molar-refractivity contribution in [3.8, 4) is 0 Å². The van der Waals surface area contributed by atoms with Gasteiger partial charge in [0, 0.05) is 23.3 Å². The SMILES string of the molecule is OC(c1ccc2cccnc2c1)c1cnn2ccccc12. The lowest BCUT2D eigenvalue weighted by atomic mass is 10.0. The van der Waals surface area contributed by atoms with Crippen molar-refractivity contribution < 1.29 is 5.11 Å². The van der Waals surface area contributed by atoms with E-state index >= 15 is 0 Å². The zero-order chi connectivity index (χ0) is 14.2. The second-order valence-electron chi connectivity index (χ2n) is 4.99. The van der Waals surface area contributed by atoms with Crippen molar-refractivity contribution in [1.82, 2.24) is 14.6 Å². The number of aromatic nitrogens is 3. The third kappa shape index (κ3) is 1.97. The van der Waals surface area contributed by atoms with Gasteiger partial charge in [-0.25, -0.2) is 4.52 Å². The van der Waals surface area contributed by atoms with Crippen LogP contribution < -0.4 is 0 Å². The number of nitrogens with zero attached hydrogens (tertiary/aromatic N) is 3. The number of aliphatic hydroxyl groups is 1. The smallest absolute Gasteiger partial charge is 0.108 e. The van der Waals surface area contributed by atoms with Gasteiger partial charge in [0.1, 0.15) is 6.10 Å². The summed E-state index contributed by atoms with van der Waals surface area (Å²) in [6.07, 6.45) is 4.63. The van der Waals surface area contributed by atoms with E-state index in [1.807, 2.05) is 54.7 Å². The second kappa shape index (κ2) is 4.68. The Bertz CT molecular complexity index is 929. The molecule has 0 amide bonds. The van der Waals surface area contributed by atoms with Crippen molar-refractivity contribution >= 4 is 16.4 Å². The first kappa shape index (κ1) is 12.1. The largest absolute Gasteiger partial charge is 0.384 e. The second-order valence-corrected chi connectivity index (χ2v) is 4.99. The van der Waals surface area contributed by atoms with Gasteiger partial charge in [0.05, 0.1) is 17.2 Å². The maximum Gasteiger partial charge on any atom is 0.108 e. The number of hydrogen-bond donors (Lipinski definition) is 1. The molecule has 4 nitrogen and oxygen atoms in total. The summed E-state index contributed by atoms with van der Waals surface area (Å²) >= 11 is 0. The van der Waals surface area contributed by atoms with Crippen molar-refractivity contribution in [1.29, 1.82) is 0 Å². The number of pyridine rings is 2. The highest BCUT2D eigenvalue weighted by Crippen LogP contribution is 2.27. The molecule has 1 N–H and O–H groups in total. The maximum absolute atomic E-state index is 10.7. The van der Waals surface area contributed by atoms with Crippen LogP contribution in [0.4, 0.5) is 0 Å². The molecule has 4 aromatic rings. The van der Waals surface area contributed by atoms with E-state index in [9.17, 15) is 5.11 Å². The summed E-state index contributed by atoms with van der Waals surface area (Å²) in [5.41, 5.74) is 3.41. The average molecular weight is 275 g/mol. The third-order valence-electron chi connectivity index (χ3n) is 3.70. The highest BCUT2D eigenvalue weighted by molar-refractivity contribution is 5.79. The molecule has 0 aliphatic heterocycles. The number of aliphatic hydroxyl groups excluding tert-OH is 1. The number of fused-ring (bicyclic) bond motifs is 2. The Hall–Kier alpha value is -2.72. The molecule has 3 aromatic heterocycles. The third-order valence-corrected chi connectivity index (χ3v) is 3.70. The molecular formula is C17H13N3O. The zero-order valence-electron chi connectivity index (χ0n) is 11.2. The van der Waals surface area contributed by atoms with Crippen molar-refractivity contribution in [2.75, 3.05) is 0 Å². The minimum absolute atomic E-state index is 0.712. The molecule has 0 spiro atoms. The van der Waals surface area contributed by atoms with Gasteiger partial charge in [0.15, 0.2) is 0 Å². The molecule has 1 atom stereocenters. The summed E-state index contributed by atoms with van der Waals surface area (Å²) in [6.45, 7) is 0. The summed E-state index contributed by atoms with van der Waals surface area (Å²) in [7, 11) is 0. The fraction of sp³-hybridized carbons (Fsp3) is 0.0588. The Kier molecular flexibility index (Phi) is 2.69. The van der Waals surface area contributed by atoms with Crippen LogP contribution in [0.15, 0.2) is 67.1 Å². The molecule has 0 fully saturated rings. The van der Waals surface area contributed by atoms with Crippen LogP contribution in [0.3, 0.4) is 0 Å². The van der Waals surface area contributed by atoms with E-state index in [-0.39, 0.29) is 0 Å². The number of rotatable bonds is 2. The molecule has 1 aromatic carbocycles. The lowest BCUT2D eigenvalue weighted by Crippen LogP contribution is -1.99. The first-order valence-electron chi connectivity index (χ1n) is 6.78. The summed E-state index contributed by atoms with van der Waals surface area (Å²) in [5.74, 6) is 0. The summed E-state index contributed by atoms with van der Waals surface area (Å²) in [4.78, 5) is 4.34. The van der Waals surface area contributed by atoms with Crippen LogP contribution in [-0.4, -0.2) is 19.7 Å². The van der Waals surface area contributed by atoms with Crippen LogP contribution in [-0.2, 0) is 0 Å². The predicted molar refractivity (Wildman–Crippen MR) is 81.0 cm³/mol. The Morgan fingerprint density at radius 2 is 2.00 bits per heavy atom. The highest BCUT2D eigenvalue weighted by Gasteiger charge is 2.15. The minimum atomic E-state index is -0.712. The van der Waals surface area contributed by atoms with Crippen LogP contribution in [0.25, 0.3) is 16.4 Å². The molecule has 0 bridgehead atoms. The van der Waals surface area contributed by atoms with Crippen LogP contribution in [0.5, 0.6) is 0 Å². The average Bonchev–Trinajstić information content (AvgIpc) is 2.98. The Morgan fingerprint density at radius 1 is 1.05 bits per heavy atom. The van der Waals surface area contributed by atoms with Gasteiger partial charge in [-0.15, -0.1) is 0 Å². The number of hydrogen-bond acceptors (Lipinski definition) is 3. The molecule has 3 heterocycles. The van der Waals surface area contributed by atoms with Crippen molar-refractivity contribution in [2.24, 2.45) is 0 Å². The van der Waals surface area contributed by atoms with Crippen LogP contribution in [0, 0.1) is 0 Å². The molecule has 0 saturated carbocycles. The van der Waals surface area contributed by atoms with Crippen molar-refractivity contribution in [3.05, 3.63) is 78.2 Å². The summed E-state index contributed by atoms with van der Waals surface area (Å²) < 4.78 is 1.76. The zero-order valence-corrected chi connectivity index (χ0v) is 11.2. The minimum Gasteiger partial charge on any atom is -0.384 e. The predicted octanol–water partition coefficient (Wildman–Crippen LogP) is 2.96. The molecule has 0 aliphatic rings. The molecule has 0 aliphatic carbocycles. The molecule has 21 heavy (non-hydrogen) atoms. The fourth-order valence-corrected chi connectivity index (χ4v) is 2.60. The van der Waals surface area contributed by atoms with E-state index in [2.05, 4.69) is 10.1 Å². The van der Waals surface area contributed by atoms with E-state index in [4.69, 9.17) is 0 Å². The molecule has 0 radical (unpaired) electrons. The molecular weight excluding hydrogens is 262 g/mol. The standard InChI is InChI=1S/C17H13N3O/c21-17(14-11-19-20-9-2-1-5-16(14)20)13-7-6-12-4-3-8-18-15(12)10-13/h1-11,17,21H. The molecule has 102 valence electrons. The van der Waals surface area contributed by atoms with Crippen molar-refractivity contribution in [3.63, 3.8) is 0 Å². The molecule has 0 saturated heterocycles. The van der Waals surface area contributed by atoms with Crippen LogP contribution in [0.1, 0.15) is 17.2 Å².